The standard InChI is InChI=1S/C11H14N4O2/c1-12-10(16)13-5-4-7-2-3-8-9(6-7)15-11(17)14-8/h2-3,6H,4-5H2,1H3,(H2,12,13,16)(H2,14,15,17). The predicted octanol–water partition coefficient (Wildman–Crippen LogP) is 0.328. The molecule has 0 spiro atoms. The fraction of sp³-hybridized carbons (Fsp3) is 0.273. The Labute approximate surface area is 97.4 Å². The van der Waals surface area contributed by atoms with Crippen molar-refractivity contribution in [3.63, 3.8) is 0 Å². The van der Waals surface area contributed by atoms with E-state index in [1.807, 2.05) is 18.2 Å². The van der Waals surface area contributed by atoms with Gasteiger partial charge in [-0.15, -0.1) is 0 Å². The average Bonchev–Trinajstić information content (AvgIpc) is 2.68. The Balaban J connectivity index is 2.04. The van der Waals surface area contributed by atoms with Gasteiger partial charge in [-0.1, -0.05) is 6.07 Å². The fourth-order valence-electron chi connectivity index (χ4n) is 1.64. The summed E-state index contributed by atoms with van der Waals surface area (Å²) in [7, 11) is 1.58. The summed E-state index contributed by atoms with van der Waals surface area (Å²) in [6, 6.07) is 5.49. The third kappa shape index (κ3) is 2.66. The monoisotopic (exact) mass is 234 g/mol. The largest absolute Gasteiger partial charge is 0.341 e. The van der Waals surface area contributed by atoms with Gasteiger partial charge in [0.25, 0.3) is 0 Å². The lowest BCUT2D eigenvalue weighted by atomic mass is 10.1. The second-order valence-electron chi connectivity index (χ2n) is 3.71. The molecule has 0 aliphatic rings. The number of H-pyrrole nitrogens is 2. The van der Waals surface area contributed by atoms with Crippen LogP contribution in [0.25, 0.3) is 11.0 Å². The van der Waals surface area contributed by atoms with Crippen molar-refractivity contribution in [2.75, 3.05) is 13.6 Å². The number of imidazole rings is 1. The average molecular weight is 234 g/mol. The van der Waals surface area contributed by atoms with E-state index in [1.54, 1.807) is 7.05 Å². The van der Waals surface area contributed by atoms with Crippen LogP contribution < -0.4 is 16.3 Å². The normalized spacial score (nSPS) is 10.4. The SMILES string of the molecule is CNC(=O)NCCc1ccc2[nH]c(=O)[nH]c2c1. The van der Waals surface area contributed by atoms with Gasteiger partial charge in [0.1, 0.15) is 0 Å². The van der Waals surface area contributed by atoms with Gasteiger partial charge in [0.15, 0.2) is 0 Å². The molecule has 0 atom stereocenters. The van der Waals surface area contributed by atoms with Gasteiger partial charge in [0.2, 0.25) is 0 Å². The third-order valence-corrected chi connectivity index (χ3v) is 2.51. The molecule has 1 aromatic carbocycles. The minimum Gasteiger partial charge on any atom is -0.341 e. The maximum Gasteiger partial charge on any atom is 0.323 e. The fourth-order valence-corrected chi connectivity index (χ4v) is 1.64. The number of nitrogens with one attached hydrogen (secondary N) is 4. The van der Waals surface area contributed by atoms with Gasteiger partial charge < -0.3 is 20.6 Å². The summed E-state index contributed by atoms with van der Waals surface area (Å²) in [6.07, 6.45) is 0.719. The minimum atomic E-state index is -0.208. The lowest BCUT2D eigenvalue weighted by molar-refractivity contribution is 0.243. The van der Waals surface area contributed by atoms with Crippen molar-refractivity contribution < 1.29 is 4.79 Å². The van der Waals surface area contributed by atoms with Gasteiger partial charge in [-0.2, -0.15) is 0 Å². The zero-order chi connectivity index (χ0) is 12.3. The maximum atomic E-state index is 11.1. The van der Waals surface area contributed by atoms with Crippen molar-refractivity contribution in [3.8, 4) is 0 Å². The second kappa shape index (κ2) is 4.73. The second-order valence-corrected chi connectivity index (χ2v) is 3.71. The van der Waals surface area contributed by atoms with Gasteiger partial charge in [0.05, 0.1) is 11.0 Å². The molecule has 0 fully saturated rings. The third-order valence-electron chi connectivity index (χ3n) is 2.51. The van der Waals surface area contributed by atoms with E-state index in [2.05, 4.69) is 20.6 Å². The van der Waals surface area contributed by atoms with Crippen LogP contribution in [-0.2, 0) is 6.42 Å². The first kappa shape index (κ1) is 11.3. The molecule has 0 aliphatic heterocycles. The minimum absolute atomic E-state index is 0.193. The van der Waals surface area contributed by atoms with E-state index in [9.17, 15) is 9.59 Å². The van der Waals surface area contributed by atoms with Crippen LogP contribution in [0.5, 0.6) is 0 Å². The van der Waals surface area contributed by atoms with Gasteiger partial charge in [0, 0.05) is 13.6 Å². The number of rotatable bonds is 3. The number of amides is 2. The molecular formula is C11H14N4O2. The summed E-state index contributed by atoms with van der Waals surface area (Å²) in [5.41, 5.74) is 2.43. The van der Waals surface area contributed by atoms with Crippen molar-refractivity contribution in [1.82, 2.24) is 20.6 Å². The van der Waals surface area contributed by atoms with Gasteiger partial charge in [-0.05, 0) is 24.1 Å². The van der Waals surface area contributed by atoms with E-state index in [0.29, 0.717) is 6.54 Å². The Morgan fingerprint density at radius 2 is 2.06 bits per heavy atom. The zero-order valence-electron chi connectivity index (χ0n) is 9.46. The van der Waals surface area contributed by atoms with Crippen LogP contribution in [0.3, 0.4) is 0 Å². The molecule has 0 saturated heterocycles. The molecule has 17 heavy (non-hydrogen) atoms. The summed E-state index contributed by atoms with van der Waals surface area (Å²) in [4.78, 5) is 27.4. The predicted molar refractivity (Wildman–Crippen MR) is 65.1 cm³/mol. The van der Waals surface area contributed by atoms with Crippen LogP contribution in [-0.4, -0.2) is 29.6 Å². The molecule has 2 amide bonds. The topological polar surface area (TPSA) is 89.8 Å². The number of carbonyl (C=O) groups excluding carboxylic acids is 1. The summed E-state index contributed by atoms with van der Waals surface area (Å²) in [5, 5.41) is 5.19. The first-order valence-corrected chi connectivity index (χ1v) is 5.35. The molecule has 0 bridgehead atoms. The molecule has 0 aliphatic carbocycles. The van der Waals surface area contributed by atoms with Gasteiger partial charge in [-0.25, -0.2) is 9.59 Å². The molecule has 0 unspecified atom stereocenters. The van der Waals surface area contributed by atoms with Crippen molar-refractivity contribution in [2.45, 2.75) is 6.42 Å². The van der Waals surface area contributed by atoms with E-state index in [1.165, 1.54) is 0 Å². The number of hydrogen-bond donors (Lipinski definition) is 4. The highest BCUT2D eigenvalue weighted by molar-refractivity contribution is 5.75. The number of aromatic amines is 2. The van der Waals surface area contributed by atoms with Crippen molar-refractivity contribution >= 4 is 17.1 Å². The van der Waals surface area contributed by atoms with Crippen LogP contribution in [0.4, 0.5) is 4.79 Å². The molecule has 2 aromatic rings. The molecule has 0 saturated carbocycles. The number of hydrogen-bond acceptors (Lipinski definition) is 2. The van der Waals surface area contributed by atoms with Crippen molar-refractivity contribution in [3.05, 3.63) is 34.2 Å². The summed E-state index contributed by atoms with van der Waals surface area (Å²) < 4.78 is 0. The number of carbonyl (C=O) groups is 1. The molecule has 6 nitrogen and oxygen atoms in total. The smallest absolute Gasteiger partial charge is 0.323 e. The maximum absolute atomic E-state index is 11.1. The number of urea groups is 1. The van der Waals surface area contributed by atoms with Crippen molar-refractivity contribution in [2.24, 2.45) is 0 Å². The first-order valence-electron chi connectivity index (χ1n) is 5.35. The Hall–Kier alpha value is -2.24. The number of benzene rings is 1. The molecule has 0 radical (unpaired) electrons. The van der Waals surface area contributed by atoms with Gasteiger partial charge >= 0.3 is 11.7 Å². The van der Waals surface area contributed by atoms with Crippen LogP contribution in [0, 0.1) is 0 Å². The van der Waals surface area contributed by atoms with E-state index < -0.39 is 0 Å². The lowest BCUT2D eigenvalue weighted by Crippen LogP contribution is -2.33. The molecular weight excluding hydrogens is 220 g/mol. The summed E-state index contributed by atoms with van der Waals surface area (Å²) >= 11 is 0. The lowest BCUT2D eigenvalue weighted by Gasteiger charge is -2.04. The Bertz CT molecular complexity index is 584. The zero-order valence-corrected chi connectivity index (χ0v) is 9.46. The van der Waals surface area contributed by atoms with Crippen LogP contribution in [0.1, 0.15) is 5.56 Å². The van der Waals surface area contributed by atoms with Crippen LogP contribution >= 0.6 is 0 Å². The highest BCUT2D eigenvalue weighted by Crippen LogP contribution is 2.10. The van der Waals surface area contributed by atoms with E-state index in [4.69, 9.17) is 0 Å². The molecule has 90 valence electrons. The Morgan fingerprint density at radius 1 is 1.29 bits per heavy atom. The van der Waals surface area contributed by atoms with E-state index in [-0.39, 0.29) is 11.7 Å². The Kier molecular flexibility index (Phi) is 3.13. The quantitative estimate of drug-likeness (QED) is 0.616. The highest BCUT2D eigenvalue weighted by Gasteiger charge is 2.00. The number of fused-ring (bicyclic) bond motifs is 1. The summed E-state index contributed by atoms with van der Waals surface area (Å²) in [5.74, 6) is 0. The molecule has 6 heteroatoms. The van der Waals surface area contributed by atoms with E-state index >= 15 is 0 Å². The first-order chi connectivity index (χ1) is 8.19. The van der Waals surface area contributed by atoms with Crippen LogP contribution in [0.2, 0.25) is 0 Å². The van der Waals surface area contributed by atoms with Crippen molar-refractivity contribution in [1.29, 1.82) is 0 Å². The highest BCUT2D eigenvalue weighted by atomic mass is 16.2. The molecule has 4 N–H and O–H groups in total. The molecule has 1 aromatic heterocycles. The Morgan fingerprint density at radius 3 is 2.82 bits per heavy atom. The summed E-state index contributed by atoms with van der Waals surface area (Å²) in [6.45, 7) is 0.555. The van der Waals surface area contributed by atoms with Gasteiger partial charge in [-0.3, -0.25) is 0 Å². The van der Waals surface area contributed by atoms with Crippen LogP contribution in [0.15, 0.2) is 23.0 Å². The molecule has 1 heterocycles. The number of aromatic nitrogens is 2. The van der Waals surface area contributed by atoms with E-state index in [0.717, 1.165) is 23.0 Å². The molecule has 2 rings (SSSR count).